The Labute approximate surface area is 121 Å². The lowest BCUT2D eigenvalue weighted by atomic mass is 10.2. The number of carboxylic acids is 1. The molecule has 3 rings (SSSR count). The predicted molar refractivity (Wildman–Crippen MR) is 75.6 cm³/mol. The molecule has 2 amide bonds. The van der Waals surface area contributed by atoms with Gasteiger partial charge in [0.05, 0.1) is 0 Å². The number of carbonyl (C=O) groups excluding carboxylic acids is 1. The molecule has 2 heterocycles. The van der Waals surface area contributed by atoms with Gasteiger partial charge in [-0.05, 0) is 48.1 Å². The van der Waals surface area contributed by atoms with Crippen molar-refractivity contribution in [2.24, 2.45) is 0 Å². The summed E-state index contributed by atoms with van der Waals surface area (Å²) in [5.41, 5.74) is 1.13. The number of carbonyl (C=O) groups is 2. The van der Waals surface area contributed by atoms with E-state index in [1.54, 1.807) is 11.3 Å². The summed E-state index contributed by atoms with van der Waals surface area (Å²) in [6.07, 6.45) is 3.40. The number of hydrogen-bond acceptors (Lipinski definition) is 3. The Bertz CT molecular complexity index is 499. The average molecular weight is 294 g/mol. The van der Waals surface area contributed by atoms with E-state index in [2.05, 4.69) is 0 Å². The number of amides is 2. The number of carboxylic acid groups (broad SMARTS) is 1. The summed E-state index contributed by atoms with van der Waals surface area (Å²) in [5, 5.41) is 13.3. The first-order chi connectivity index (χ1) is 9.66. The summed E-state index contributed by atoms with van der Waals surface area (Å²) < 4.78 is 0. The minimum atomic E-state index is -0.887. The molecule has 0 bridgehead atoms. The molecule has 2 aliphatic rings. The maximum absolute atomic E-state index is 12.7. The lowest BCUT2D eigenvalue weighted by Crippen LogP contribution is -2.48. The maximum Gasteiger partial charge on any atom is 0.326 e. The molecule has 1 atom stereocenters. The van der Waals surface area contributed by atoms with Gasteiger partial charge in [0.2, 0.25) is 0 Å². The van der Waals surface area contributed by atoms with Crippen molar-refractivity contribution in [3.8, 4) is 0 Å². The van der Waals surface area contributed by atoms with Crippen molar-refractivity contribution in [1.82, 2.24) is 9.80 Å². The lowest BCUT2D eigenvalue weighted by Gasteiger charge is -2.30. The zero-order valence-corrected chi connectivity index (χ0v) is 12.0. The van der Waals surface area contributed by atoms with Gasteiger partial charge in [0.25, 0.3) is 0 Å². The van der Waals surface area contributed by atoms with E-state index >= 15 is 0 Å². The fourth-order valence-electron chi connectivity index (χ4n) is 2.74. The molecule has 6 heteroatoms. The van der Waals surface area contributed by atoms with Crippen molar-refractivity contribution in [1.29, 1.82) is 0 Å². The molecule has 1 saturated heterocycles. The minimum Gasteiger partial charge on any atom is -0.480 e. The molecule has 0 radical (unpaired) electrons. The van der Waals surface area contributed by atoms with Crippen LogP contribution in [0, 0.1) is 0 Å². The van der Waals surface area contributed by atoms with Gasteiger partial charge >= 0.3 is 12.0 Å². The van der Waals surface area contributed by atoms with Crippen LogP contribution in [0.1, 0.15) is 31.2 Å². The van der Waals surface area contributed by atoms with Gasteiger partial charge in [0, 0.05) is 19.1 Å². The average Bonchev–Trinajstić information content (AvgIpc) is 2.95. The topological polar surface area (TPSA) is 60.9 Å². The molecular weight excluding hydrogens is 276 g/mol. The zero-order chi connectivity index (χ0) is 14.1. The fourth-order valence-corrected chi connectivity index (χ4v) is 3.40. The Morgan fingerprint density at radius 2 is 2.20 bits per heavy atom. The molecule has 1 aromatic rings. The van der Waals surface area contributed by atoms with E-state index in [1.807, 2.05) is 21.7 Å². The van der Waals surface area contributed by atoms with Crippen molar-refractivity contribution in [2.75, 3.05) is 6.54 Å². The van der Waals surface area contributed by atoms with Crippen LogP contribution in [0.2, 0.25) is 0 Å². The summed E-state index contributed by atoms with van der Waals surface area (Å²) in [7, 11) is 0. The number of urea groups is 1. The highest BCUT2D eigenvalue weighted by Crippen LogP contribution is 2.31. The summed E-state index contributed by atoms with van der Waals surface area (Å²) in [6.45, 7) is 1.15. The standard InChI is InChI=1S/C14H18N2O3S/c17-13(18)12-2-1-6-15(12)14(19)16(11-3-4-11)8-10-5-7-20-9-10/h5,7,9,11-12H,1-4,6,8H2,(H,17,18). The molecule has 1 unspecified atom stereocenters. The van der Waals surface area contributed by atoms with Crippen LogP contribution < -0.4 is 0 Å². The number of hydrogen-bond donors (Lipinski definition) is 1. The van der Waals surface area contributed by atoms with E-state index in [1.165, 1.54) is 4.90 Å². The Morgan fingerprint density at radius 1 is 1.40 bits per heavy atom. The normalized spacial score (nSPS) is 22.0. The molecule has 5 nitrogen and oxygen atoms in total. The van der Waals surface area contributed by atoms with E-state index in [-0.39, 0.29) is 12.1 Å². The summed E-state index contributed by atoms with van der Waals surface area (Å²) >= 11 is 1.62. The van der Waals surface area contributed by atoms with Crippen molar-refractivity contribution in [3.63, 3.8) is 0 Å². The Kier molecular flexibility index (Phi) is 3.65. The number of rotatable bonds is 4. The van der Waals surface area contributed by atoms with Crippen LogP contribution in [0.4, 0.5) is 4.79 Å². The van der Waals surface area contributed by atoms with E-state index in [0.29, 0.717) is 19.5 Å². The minimum absolute atomic E-state index is 0.108. The van der Waals surface area contributed by atoms with E-state index < -0.39 is 12.0 Å². The third-order valence-electron chi connectivity index (χ3n) is 3.95. The Hall–Kier alpha value is -1.56. The highest BCUT2D eigenvalue weighted by atomic mass is 32.1. The van der Waals surface area contributed by atoms with Gasteiger partial charge in [-0.25, -0.2) is 9.59 Å². The lowest BCUT2D eigenvalue weighted by molar-refractivity contribution is -0.141. The van der Waals surface area contributed by atoms with E-state index in [9.17, 15) is 14.7 Å². The van der Waals surface area contributed by atoms with Gasteiger partial charge in [-0.15, -0.1) is 0 Å². The highest BCUT2D eigenvalue weighted by molar-refractivity contribution is 7.07. The molecular formula is C14H18N2O3S. The molecule has 1 aromatic heterocycles. The first kappa shape index (κ1) is 13.4. The second kappa shape index (κ2) is 5.44. The maximum atomic E-state index is 12.7. The molecule has 2 fully saturated rings. The second-order valence-corrected chi connectivity index (χ2v) is 6.24. The number of likely N-dealkylation sites (tertiary alicyclic amines) is 1. The molecule has 20 heavy (non-hydrogen) atoms. The smallest absolute Gasteiger partial charge is 0.326 e. The second-order valence-electron chi connectivity index (χ2n) is 5.46. The molecule has 1 aliphatic heterocycles. The van der Waals surface area contributed by atoms with Gasteiger partial charge in [0.15, 0.2) is 0 Å². The van der Waals surface area contributed by atoms with Crippen molar-refractivity contribution >= 4 is 23.3 Å². The first-order valence-corrected chi connectivity index (χ1v) is 7.92. The highest BCUT2D eigenvalue weighted by Gasteiger charge is 2.40. The van der Waals surface area contributed by atoms with Crippen LogP contribution >= 0.6 is 11.3 Å². The zero-order valence-electron chi connectivity index (χ0n) is 11.2. The van der Waals surface area contributed by atoms with E-state index in [4.69, 9.17) is 0 Å². The molecule has 1 aliphatic carbocycles. The van der Waals surface area contributed by atoms with E-state index in [0.717, 1.165) is 24.8 Å². The summed E-state index contributed by atoms with van der Waals surface area (Å²) in [6, 6.07) is 1.55. The fraction of sp³-hybridized carbons (Fsp3) is 0.571. The van der Waals surface area contributed by atoms with Gasteiger partial charge in [0.1, 0.15) is 6.04 Å². The monoisotopic (exact) mass is 294 g/mol. The molecule has 0 spiro atoms. The summed E-state index contributed by atoms with van der Waals surface area (Å²) in [4.78, 5) is 27.3. The molecule has 108 valence electrons. The molecule has 0 aromatic carbocycles. The third-order valence-corrected chi connectivity index (χ3v) is 4.68. The number of nitrogens with zero attached hydrogens (tertiary/aromatic N) is 2. The quantitative estimate of drug-likeness (QED) is 0.927. The van der Waals surface area contributed by atoms with Crippen LogP contribution in [-0.4, -0.2) is 45.5 Å². The van der Waals surface area contributed by atoms with Crippen molar-refractivity contribution in [2.45, 2.75) is 44.3 Å². The third kappa shape index (κ3) is 2.65. The Balaban J connectivity index is 1.73. The van der Waals surface area contributed by atoms with Crippen LogP contribution in [0.3, 0.4) is 0 Å². The van der Waals surface area contributed by atoms with Crippen LogP contribution in [0.25, 0.3) is 0 Å². The van der Waals surface area contributed by atoms with Crippen molar-refractivity contribution in [3.05, 3.63) is 22.4 Å². The number of thiophene rings is 1. The number of aliphatic carboxylic acids is 1. The van der Waals surface area contributed by atoms with Gasteiger partial charge in [-0.3, -0.25) is 0 Å². The summed E-state index contributed by atoms with van der Waals surface area (Å²) in [5.74, 6) is -0.887. The van der Waals surface area contributed by atoms with Crippen molar-refractivity contribution < 1.29 is 14.7 Å². The first-order valence-electron chi connectivity index (χ1n) is 6.98. The van der Waals surface area contributed by atoms with Gasteiger partial charge in [-0.2, -0.15) is 11.3 Å². The molecule has 1 N–H and O–H groups in total. The van der Waals surface area contributed by atoms with Crippen LogP contribution in [-0.2, 0) is 11.3 Å². The largest absolute Gasteiger partial charge is 0.480 e. The SMILES string of the molecule is O=C(O)C1CCCN1C(=O)N(Cc1ccsc1)C1CC1. The van der Waals surface area contributed by atoms with Gasteiger partial charge in [-0.1, -0.05) is 0 Å². The van der Waals surface area contributed by atoms with Crippen LogP contribution in [0.15, 0.2) is 16.8 Å². The predicted octanol–water partition coefficient (Wildman–Crippen LogP) is 2.38. The van der Waals surface area contributed by atoms with Crippen LogP contribution in [0.5, 0.6) is 0 Å². The van der Waals surface area contributed by atoms with Gasteiger partial charge < -0.3 is 14.9 Å². The Morgan fingerprint density at radius 3 is 2.80 bits per heavy atom. The molecule has 1 saturated carbocycles.